The number of benzene rings is 2. The van der Waals surface area contributed by atoms with E-state index in [0.717, 1.165) is 0 Å². The van der Waals surface area contributed by atoms with Gasteiger partial charge in [0.05, 0.1) is 37.9 Å². The maximum Gasteiger partial charge on any atom is 0.254 e. The lowest BCUT2D eigenvalue weighted by Crippen LogP contribution is -2.37. The zero-order valence-corrected chi connectivity index (χ0v) is 21.1. The minimum Gasteiger partial charge on any atom is -0.497 e. The maximum absolute atomic E-state index is 13.7. The Bertz CT molecular complexity index is 1270. The molecule has 35 heavy (non-hydrogen) atoms. The fraction of sp³-hybridized carbons (Fsp3) is 0.360. The molecule has 1 amide bonds. The largest absolute Gasteiger partial charge is 0.497 e. The molecule has 0 saturated carbocycles. The Balaban J connectivity index is 1.95. The van der Waals surface area contributed by atoms with Gasteiger partial charge in [-0.2, -0.15) is 0 Å². The Labute approximate surface area is 205 Å². The Hall–Kier alpha value is -3.24. The quantitative estimate of drug-likeness (QED) is 0.396. The van der Waals surface area contributed by atoms with Gasteiger partial charge in [-0.15, -0.1) is 0 Å². The molecule has 0 radical (unpaired) electrons. The van der Waals surface area contributed by atoms with Crippen LogP contribution in [-0.4, -0.2) is 55.6 Å². The van der Waals surface area contributed by atoms with Crippen molar-refractivity contribution in [3.63, 3.8) is 0 Å². The summed E-state index contributed by atoms with van der Waals surface area (Å²) in [5.74, 6) is -0.566. The van der Waals surface area contributed by atoms with Crippen LogP contribution in [0.4, 0.5) is 4.39 Å². The molecule has 0 bridgehead atoms. The Morgan fingerprint density at radius 2 is 1.89 bits per heavy atom. The Morgan fingerprint density at radius 1 is 1.14 bits per heavy atom. The van der Waals surface area contributed by atoms with Crippen molar-refractivity contribution >= 4 is 15.7 Å². The summed E-state index contributed by atoms with van der Waals surface area (Å²) in [6.07, 6.45) is 1.46. The molecule has 0 fully saturated rings. The highest BCUT2D eigenvalue weighted by atomic mass is 32.2. The topological polar surface area (TPSA) is 90.7 Å². The van der Waals surface area contributed by atoms with Gasteiger partial charge >= 0.3 is 0 Å². The van der Waals surface area contributed by atoms with Gasteiger partial charge in [-0.3, -0.25) is 4.79 Å². The van der Waals surface area contributed by atoms with Crippen LogP contribution in [0.15, 0.2) is 59.9 Å². The number of sulfone groups is 1. The molecule has 188 valence electrons. The first-order chi connectivity index (χ1) is 16.7. The lowest BCUT2D eigenvalue weighted by Gasteiger charge is -2.27. The summed E-state index contributed by atoms with van der Waals surface area (Å²) in [7, 11) is -0.785. The van der Waals surface area contributed by atoms with Crippen molar-refractivity contribution in [3.8, 4) is 5.75 Å². The molecule has 0 aliphatic carbocycles. The molecular formula is C25H30FN3O5S. The third kappa shape index (κ3) is 6.46. The molecule has 3 aromatic rings. The van der Waals surface area contributed by atoms with Gasteiger partial charge in [-0.1, -0.05) is 18.2 Å². The number of methoxy groups -OCH3 is 2. The van der Waals surface area contributed by atoms with Gasteiger partial charge in [-0.25, -0.2) is 17.8 Å². The van der Waals surface area contributed by atoms with Crippen molar-refractivity contribution in [3.05, 3.63) is 77.4 Å². The van der Waals surface area contributed by atoms with Crippen LogP contribution in [0.1, 0.15) is 35.5 Å². The van der Waals surface area contributed by atoms with Gasteiger partial charge in [0.2, 0.25) is 15.0 Å². The first-order valence-electron chi connectivity index (χ1n) is 11.1. The number of carbonyl (C=O) groups excluding carboxylic acids is 1. The van der Waals surface area contributed by atoms with Gasteiger partial charge in [0, 0.05) is 25.3 Å². The van der Waals surface area contributed by atoms with Crippen molar-refractivity contribution in [2.45, 2.75) is 43.9 Å². The number of nitrogens with zero attached hydrogens (tertiary/aromatic N) is 3. The van der Waals surface area contributed by atoms with Crippen molar-refractivity contribution in [1.29, 1.82) is 0 Å². The molecule has 0 spiro atoms. The van der Waals surface area contributed by atoms with Crippen molar-refractivity contribution in [1.82, 2.24) is 14.5 Å². The van der Waals surface area contributed by atoms with E-state index >= 15 is 0 Å². The number of hydrogen-bond donors (Lipinski definition) is 0. The lowest BCUT2D eigenvalue weighted by atomic mass is 10.1. The fourth-order valence-corrected chi connectivity index (χ4v) is 5.19. The predicted octanol–water partition coefficient (Wildman–Crippen LogP) is 3.70. The van der Waals surface area contributed by atoms with Gasteiger partial charge in [-0.05, 0) is 49.7 Å². The molecule has 3 rings (SSSR count). The van der Waals surface area contributed by atoms with Crippen LogP contribution >= 0.6 is 0 Å². The molecule has 0 N–H and O–H groups in total. The van der Waals surface area contributed by atoms with Crippen LogP contribution in [0.5, 0.6) is 5.75 Å². The molecule has 2 aromatic carbocycles. The number of aromatic nitrogens is 2. The molecule has 0 saturated heterocycles. The highest BCUT2D eigenvalue weighted by molar-refractivity contribution is 7.90. The molecule has 10 heteroatoms. The molecule has 0 atom stereocenters. The predicted molar refractivity (Wildman–Crippen MR) is 129 cm³/mol. The molecule has 1 aromatic heterocycles. The molecule has 0 aliphatic heterocycles. The standard InChI is InChI=1S/C25H30FN3O5S/c1-18(2)29(24(30)20-8-6-9-21(26)14-20)16-22-15-27-25(28(22)11-12-33-3)35(31,32)17-19-7-5-10-23(13-19)34-4/h5-10,13-15,18H,11-12,16-17H2,1-4H3. The van der Waals surface area contributed by atoms with Crippen molar-refractivity contribution < 1.29 is 27.1 Å². The van der Waals surface area contributed by atoms with Crippen molar-refractivity contribution in [2.24, 2.45) is 0 Å². The minimum absolute atomic E-state index is 0.0956. The number of carbonyl (C=O) groups is 1. The summed E-state index contributed by atoms with van der Waals surface area (Å²) in [5, 5.41) is -0.103. The average Bonchev–Trinajstić information content (AvgIpc) is 3.23. The number of imidazole rings is 1. The SMILES string of the molecule is COCCn1c(CN(C(=O)c2cccc(F)c2)C(C)C)cnc1S(=O)(=O)Cc1cccc(OC)c1. The maximum atomic E-state index is 13.7. The highest BCUT2D eigenvalue weighted by Gasteiger charge is 2.27. The van der Waals surface area contributed by atoms with Gasteiger partial charge in [0.1, 0.15) is 11.6 Å². The van der Waals surface area contributed by atoms with E-state index in [2.05, 4.69) is 4.98 Å². The lowest BCUT2D eigenvalue weighted by molar-refractivity contribution is 0.0683. The zero-order valence-electron chi connectivity index (χ0n) is 20.3. The van der Waals surface area contributed by atoms with Gasteiger partial charge < -0.3 is 18.9 Å². The van der Waals surface area contributed by atoms with E-state index in [1.807, 2.05) is 13.8 Å². The van der Waals surface area contributed by atoms with Gasteiger partial charge in [0.25, 0.3) is 5.91 Å². The second kappa shape index (κ2) is 11.5. The smallest absolute Gasteiger partial charge is 0.254 e. The van der Waals surface area contributed by atoms with E-state index in [1.54, 1.807) is 39.8 Å². The first kappa shape index (κ1) is 26.4. The van der Waals surface area contributed by atoms with Crippen molar-refractivity contribution in [2.75, 3.05) is 20.8 Å². The number of rotatable bonds is 11. The molecule has 0 aliphatic rings. The van der Waals surface area contributed by atoms with Crippen LogP contribution < -0.4 is 4.74 Å². The molecular weight excluding hydrogens is 473 g/mol. The summed E-state index contributed by atoms with van der Waals surface area (Å²) in [6.45, 7) is 4.27. The number of hydrogen-bond acceptors (Lipinski definition) is 6. The summed E-state index contributed by atoms with van der Waals surface area (Å²) < 4.78 is 52.3. The normalized spacial score (nSPS) is 11.6. The fourth-order valence-electron chi connectivity index (χ4n) is 3.69. The third-order valence-corrected chi connectivity index (χ3v) is 7.07. The summed E-state index contributed by atoms with van der Waals surface area (Å²) in [6, 6.07) is 12.1. The second-order valence-electron chi connectivity index (χ2n) is 8.32. The summed E-state index contributed by atoms with van der Waals surface area (Å²) in [4.78, 5) is 18.9. The third-order valence-electron chi connectivity index (χ3n) is 5.48. The zero-order chi connectivity index (χ0) is 25.6. The van der Waals surface area contributed by atoms with E-state index in [-0.39, 0.29) is 48.1 Å². The van der Waals surface area contributed by atoms with Gasteiger partial charge in [0.15, 0.2) is 0 Å². The monoisotopic (exact) mass is 503 g/mol. The van der Waals surface area contributed by atoms with Crippen LogP contribution in [-0.2, 0) is 33.4 Å². The number of halogens is 1. The number of amides is 1. The Morgan fingerprint density at radius 3 is 2.54 bits per heavy atom. The van der Waals surface area contributed by atoms with E-state index in [9.17, 15) is 17.6 Å². The summed E-state index contributed by atoms with van der Waals surface area (Å²) >= 11 is 0. The average molecular weight is 504 g/mol. The highest BCUT2D eigenvalue weighted by Crippen LogP contribution is 2.22. The van der Waals surface area contributed by atoms with E-state index < -0.39 is 15.7 Å². The number of ether oxygens (including phenoxy) is 2. The summed E-state index contributed by atoms with van der Waals surface area (Å²) in [5.41, 5.74) is 1.31. The van der Waals surface area contributed by atoms with Crippen LogP contribution in [0.3, 0.4) is 0 Å². The molecule has 1 heterocycles. The van der Waals surface area contributed by atoms with Crippen LogP contribution in [0.25, 0.3) is 0 Å². The van der Waals surface area contributed by atoms with E-state index in [1.165, 1.54) is 38.6 Å². The first-order valence-corrected chi connectivity index (χ1v) is 12.8. The van der Waals surface area contributed by atoms with E-state index in [4.69, 9.17) is 9.47 Å². The van der Waals surface area contributed by atoms with Crippen LogP contribution in [0, 0.1) is 5.82 Å². The Kier molecular flexibility index (Phi) is 8.63. The molecule has 0 unspecified atom stereocenters. The van der Waals surface area contributed by atoms with Crippen LogP contribution in [0.2, 0.25) is 0 Å². The van der Waals surface area contributed by atoms with E-state index in [0.29, 0.717) is 17.0 Å². The second-order valence-corrected chi connectivity index (χ2v) is 10.2. The minimum atomic E-state index is -3.82. The molecule has 8 nitrogen and oxygen atoms in total.